The van der Waals surface area contributed by atoms with Crippen molar-refractivity contribution < 1.29 is 8.81 Å². The van der Waals surface area contributed by atoms with E-state index in [1.54, 1.807) is 12.3 Å². The molecule has 0 spiro atoms. The molecule has 86 valence electrons. The van der Waals surface area contributed by atoms with Crippen molar-refractivity contribution in [1.29, 1.82) is 0 Å². The van der Waals surface area contributed by atoms with Gasteiger partial charge >= 0.3 is 0 Å². The van der Waals surface area contributed by atoms with Gasteiger partial charge in [-0.15, -0.1) is 0 Å². The third-order valence-corrected chi connectivity index (χ3v) is 2.69. The Morgan fingerprint density at radius 1 is 1.38 bits per heavy atom. The number of rotatable bonds is 4. The minimum absolute atomic E-state index is 0.206. The number of furan rings is 1. The molecule has 3 heteroatoms. The molecule has 1 heterocycles. The Morgan fingerprint density at radius 3 is 2.94 bits per heavy atom. The van der Waals surface area contributed by atoms with Gasteiger partial charge in [-0.2, -0.15) is 0 Å². The lowest BCUT2D eigenvalue weighted by molar-refractivity contribution is 0.598. The van der Waals surface area contributed by atoms with E-state index in [-0.39, 0.29) is 5.82 Å². The molecule has 2 rings (SSSR count). The lowest BCUT2D eigenvalue weighted by Gasteiger charge is -2.01. The number of aryl methyl sites for hydroxylation is 1. The van der Waals surface area contributed by atoms with Crippen LogP contribution in [0.5, 0.6) is 0 Å². The first-order chi connectivity index (χ1) is 7.74. The van der Waals surface area contributed by atoms with Gasteiger partial charge in [-0.25, -0.2) is 4.39 Å². The predicted molar refractivity (Wildman–Crippen MR) is 62.9 cm³/mol. The van der Waals surface area contributed by atoms with Gasteiger partial charge in [-0.3, -0.25) is 0 Å². The summed E-state index contributed by atoms with van der Waals surface area (Å²) < 4.78 is 19.1. The predicted octanol–water partition coefficient (Wildman–Crippen LogP) is 3.38. The molecular weight excluding hydrogens is 205 g/mol. The molecular formula is C13H16FNO. The minimum atomic E-state index is -0.206. The molecule has 1 N–H and O–H groups in total. The highest BCUT2D eigenvalue weighted by Gasteiger charge is 2.12. The van der Waals surface area contributed by atoms with Gasteiger partial charge in [0.25, 0.3) is 0 Å². The van der Waals surface area contributed by atoms with Crippen molar-refractivity contribution in [1.82, 2.24) is 5.32 Å². The van der Waals surface area contributed by atoms with Crippen LogP contribution < -0.4 is 5.32 Å². The molecule has 0 bridgehead atoms. The van der Waals surface area contributed by atoms with Gasteiger partial charge in [0.05, 0.1) is 11.6 Å². The van der Waals surface area contributed by atoms with Crippen LogP contribution in [0.1, 0.15) is 24.5 Å². The highest BCUT2D eigenvalue weighted by atomic mass is 19.1. The van der Waals surface area contributed by atoms with Crippen LogP contribution in [0.3, 0.4) is 0 Å². The van der Waals surface area contributed by atoms with E-state index < -0.39 is 0 Å². The Kier molecular flexibility index (Phi) is 3.25. The fraction of sp³-hybridized carbons (Fsp3) is 0.385. The fourth-order valence-corrected chi connectivity index (χ4v) is 1.83. The average Bonchev–Trinajstić information content (AvgIpc) is 2.69. The second-order valence-corrected chi connectivity index (χ2v) is 4.01. The summed E-state index contributed by atoms with van der Waals surface area (Å²) in [5, 5.41) is 3.86. The topological polar surface area (TPSA) is 25.2 Å². The van der Waals surface area contributed by atoms with Crippen LogP contribution in [-0.2, 0) is 6.54 Å². The largest absolute Gasteiger partial charge is 0.464 e. The Labute approximate surface area is 94.4 Å². The van der Waals surface area contributed by atoms with Gasteiger partial charge < -0.3 is 9.73 Å². The van der Waals surface area contributed by atoms with Crippen LogP contribution in [0.15, 0.2) is 22.8 Å². The molecule has 1 aromatic carbocycles. The summed E-state index contributed by atoms with van der Waals surface area (Å²) in [6.07, 6.45) is 2.71. The molecule has 1 aromatic heterocycles. The normalized spacial score (nSPS) is 11.2. The smallest absolute Gasteiger partial charge is 0.140 e. The molecule has 0 fully saturated rings. The Hall–Kier alpha value is -1.35. The summed E-state index contributed by atoms with van der Waals surface area (Å²) in [6, 6.07) is 3.24. The third-order valence-electron chi connectivity index (χ3n) is 2.69. The SMILES string of the molecule is CCCNCc1coc2c(C)ccc(F)c12. The molecule has 0 aliphatic carbocycles. The van der Waals surface area contributed by atoms with E-state index in [1.165, 1.54) is 6.07 Å². The zero-order valence-corrected chi connectivity index (χ0v) is 9.64. The maximum Gasteiger partial charge on any atom is 0.140 e. The summed E-state index contributed by atoms with van der Waals surface area (Å²) in [7, 11) is 0. The van der Waals surface area contributed by atoms with Crippen LogP contribution >= 0.6 is 0 Å². The summed E-state index contributed by atoms with van der Waals surface area (Å²) in [5.41, 5.74) is 2.52. The number of nitrogens with one attached hydrogen (secondary N) is 1. The van der Waals surface area contributed by atoms with Gasteiger partial charge in [0.1, 0.15) is 11.4 Å². The van der Waals surface area contributed by atoms with Crippen LogP contribution in [0.4, 0.5) is 4.39 Å². The van der Waals surface area contributed by atoms with Gasteiger partial charge in [-0.05, 0) is 31.5 Å². The number of halogens is 1. The van der Waals surface area contributed by atoms with E-state index in [1.807, 2.05) is 6.92 Å². The van der Waals surface area contributed by atoms with E-state index >= 15 is 0 Å². The maximum absolute atomic E-state index is 13.7. The molecule has 2 aromatic rings. The molecule has 0 aliphatic rings. The highest BCUT2D eigenvalue weighted by molar-refractivity contribution is 5.84. The second-order valence-electron chi connectivity index (χ2n) is 4.01. The summed E-state index contributed by atoms with van der Waals surface area (Å²) in [4.78, 5) is 0. The first-order valence-electron chi connectivity index (χ1n) is 5.60. The Bertz CT molecular complexity index is 490. The molecule has 0 unspecified atom stereocenters. The van der Waals surface area contributed by atoms with Crippen molar-refractivity contribution in [2.24, 2.45) is 0 Å². The van der Waals surface area contributed by atoms with Crippen LogP contribution in [0.25, 0.3) is 11.0 Å². The van der Waals surface area contributed by atoms with E-state index in [2.05, 4.69) is 12.2 Å². The quantitative estimate of drug-likeness (QED) is 0.801. The molecule has 0 aliphatic heterocycles. The second kappa shape index (κ2) is 4.66. The van der Waals surface area contributed by atoms with Crippen molar-refractivity contribution in [3.8, 4) is 0 Å². The lowest BCUT2D eigenvalue weighted by atomic mass is 10.1. The number of hydrogen-bond donors (Lipinski definition) is 1. The molecule has 0 saturated carbocycles. The van der Waals surface area contributed by atoms with E-state index in [0.717, 1.165) is 24.1 Å². The van der Waals surface area contributed by atoms with Crippen molar-refractivity contribution >= 4 is 11.0 Å². The van der Waals surface area contributed by atoms with Crippen molar-refractivity contribution in [3.63, 3.8) is 0 Å². The number of hydrogen-bond acceptors (Lipinski definition) is 2. The van der Waals surface area contributed by atoms with Crippen LogP contribution in [0, 0.1) is 12.7 Å². The zero-order chi connectivity index (χ0) is 11.5. The van der Waals surface area contributed by atoms with Gasteiger partial charge in [0, 0.05) is 12.1 Å². The Balaban J connectivity index is 2.36. The van der Waals surface area contributed by atoms with Gasteiger partial charge in [0.2, 0.25) is 0 Å². The summed E-state index contributed by atoms with van der Waals surface area (Å²) in [5.74, 6) is -0.206. The molecule has 0 amide bonds. The molecule has 0 saturated heterocycles. The monoisotopic (exact) mass is 221 g/mol. The minimum Gasteiger partial charge on any atom is -0.464 e. The summed E-state index contributed by atoms with van der Waals surface area (Å²) >= 11 is 0. The van der Waals surface area contributed by atoms with Crippen molar-refractivity contribution in [2.75, 3.05) is 6.54 Å². The Morgan fingerprint density at radius 2 is 2.19 bits per heavy atom. The molecule has 0 atom stereocenters. The lowest BCUT2D eigenvalue weighted by Crippen LogP contribution is -2.13. The number of benzene rings is 1. The molecule has 0 radical (unpaired) electrons. The first-order valence-corrected chi connectivity index (χ1v) is 5.60. The first kappa shape index (κ1) is 11.1. The standard InChI is InChI=1S/C13H16FNO/c1-3-6-15-7-10-8-16-13-9(2)4-5-11(14)12(10)13/h4-5,8,15H,3,6-7H2,1-2H3. The zero-order valence-electron chi connectivity index (χ0n) is 9.64. The van der Waals surface area contributed by atoms with Crippen molar-refractivity contribution in [2.45, 2.75) is 26.8 Å². The van der Waals surface area contributed by atoms with Crippen LogP contribution in [-0.4, -0.2) is 6.54 Å². The van der Waals surface area contributed by atoms with E-state index in [9.17, 15) is 4.39 Å². The van der Waals surface area contributed by atoms with Gasteiger partial charge in [-0.1, -0.05) is 13.0 Å². The fourth-order valence-electron chi connectivity index (χ4n) is 1.83. The van der Waals surface area contributed by atoms with Crippen LogP contribution in [0.2, 0.25) is 0 Å². The number of fused-ring (bicyclic) bond motifs is 1. The molecule has 2 nitrogen and oxygen atoms in total. The molecule has 16 heavy (non-hydrogen) atoms. The van der Waals surface area contributed by atoms with E-state index in [4.69, 9.17) is 4.42 Å². The average molecular weight is 221 g/mol. The van der Waals surface area contributed by atoms with Gasteiger partial charge in [0.15, 0.2) is 0 Å². The third kappa shape index (κ3) is 1.95. The van der Waals surface area contributed by atoms with Crippen molar-refractivity contribution in [3.05, 3.63) is 35.3 Å². The van der Waals surface area contributed by atoms with E-state index in [0.29, 0.717) is 17.5 Å². The highest BCUT2D eigenvalue weighted by Crippen LogP contribution is 2.26. The maximum atomic E-state index is 13.7. The summed E-state index contributed by atoms with van der Waals surface area (Å²) in [6.45, 7) is 5.61.